The van der Waals surface area contributed by atoms with Crippen molar-refractivity contribution in [2.45, 2.75) is 18.9 Å². The van der Waals surface area contributed by atoms with Gasteiger partial charge in [-0.05, 0) is 43.2 Å². The molecule has 5 rings (SSSR count). The number of carbonyl (C=O) groups is 2. The Labute approximate surface area is 206 Å². The third-order valence-corrected chi connectivity index (χ3v) is 6.29. The monoisotopic (exact) mass is 486 g/mol. The van der Waals surface area contributed by atoms with Gasteiger partial charge in [-0.3, -0.25) is 9.59 Å². The largest absolute Gasteiger partial charge is 0.360 e. The predicted molar refractivity (Wildman–Crippen MR) is 138 cm³/mol. The fraction of sp³-hybridized carbons (Fsp3) is 0.154. The number of fused-ring (bicyclic) bond motifs is 1. The van der Waals surface area contributed by atoms with Gasteiger partial charge in [0.05, 0.1) is 16.9 Å². The molecule has 8 nitrogen and oxygen atoms in total. The molecule has 0 atom stereocenters. The van der Waals surface area contributed by atoms with E-state index in [9.17, 15) is 9.59 Å². The van der Waals surface area contributed by atoms with Crippen molar-refractivity contribution in [2.75, 3.05) is 10.6 Å². The second-order valence-electron chi connectivity index (χ2n) is 8.41. The molecule has 4 aromatic rings. The van der Waals surface area contributed by atoms with Gasteiger partial charge in [-0.15, -0.1) is 0 Å². The number of anilines is 3. The Bertz CT molecular complexity index is 1430. The summed E-state index contributed by atoms with van der Waals surface area (Å²) in [5.41, 5.74) is 3.88. The molecule has 0 unspecified atom stereocenters. The Morgan fingerprint density at radius 1 is 1.11 bits per heavy atom. The van der Waals surface area contributed by atoms with E-state index < -0.39 is 0 Å². The summed E-state index contributed by atoms with van der Waals surface area (Å²) in [5.74, 6) is -0.0430. The first-order valence-electron chi connectivity index (χ1n) is 11.2. The molecule has 2 aromatic heterocycles. The molecular formula is C26H23ClN6O2. The van der Waals surface area contributed by atoms with Crippen molar-refractivity contribution in [3.05, 3.63) is 78.6 Å². The van der Waals surface area contributed by atoms with Gasteiger partial charge in [0.2, 0.25) is 17.8 Å². The van der Waals surface area contributed by atoms with Crippen LogP contribution < -0.4 is 16.0 Å². The molecule has 0 aliphatic heterocycles. The molecule has 1 aliphatic rings. The highest BCUT2D eigenvalue weighted by Crippen LogP contribution is 2.33. The number of carbonyl (C=O) groups excluding carboxylic acids is 2. The first kappa shape index (κ1) is 22.6. The highest BCUT2D eigenvalue weighted by molar-refractivity contribution is 6.33. The van der Waals surface area contributed by atoms with Gasteiger partial charge < -0.3 is 20.9 Å². The summed E-state index contributed by atoms with van der Waals surface area (Å²) in [6.45, 7) is 3.44. The molecule has 4 N–H and O–H groups in total. The zero-order valence-corrected chi connectivity index (χ0v) is 19.5. The van der Waals surface area contributed by atoms with Crippen LogP contribution in [-0.4, -0.2) is 32.8 Å². The van der Waals surface area contributed by atoms with Crippen LogP contribution in [0, 0.1) is 5.92 Å². The van der Waals surface area contributed by atoms with Crippen molar-refractivity contribution in [1.29, 1.82) is 0 Å². The summed E-state index contributed by atoms with van der Waals surface area (Å²) in [4.78, 5) is 36.1. The summed E-state index contributed by atoms with van der Waals surface area (Å²) < 4.78 is 0. The molecule has 9 heteroatoms. The van der Waals surface area contributed by atoms with Crippen molar-refractivity contribution < 1.29 is 9.59 Å². The SMILES string of the molecule is C=CC(=O)NC1CC(C(=O)Nc2cccc(Nc3ncc(Cl)c(-c4c[nH]c5ccccc45)n3)c2)C1. The van der Waals surface area contributed by atoms with Gasteiger partial charge in [0.15, 0.2) is 0 Å². The Morgan fingerprint density at radius 2 is 1.91 bits per heavy atom. The van der Waals surface area contributed by atoms with Gasteiger partial charge in [0, 0.05) is 46.0 Å². The maximum Gasteiger partial charge on any atom is 0.243 e. The van der Waals surface area contributed by atoms with Gasteiger partial charge >= 0.3 is 0 Å². The fourth-order valence-corrected chi connectivity index (χ4v) is 4.33. The van der Waals surface area contributed by atoms with Crippen LogP contribution in [0.3, 0.4) is 0 Å². The quantitative estimate of drug-likeness (QED) is 0.273. The van der Waals surface area contributed by atoms with Gasteiger partial charge in [-0.1, -0.05) is 42.4 Å². The highest BCUT2D eigenvalue weighted by atomic mass is 35.5. The second kappa shape index (κ2) is 9.60. The average molecular weight is 487 g/mol. The third-order valence-electron chi connectivity index (χ3n) is 6.02. The number of hydrogen-bond acceptors (Lipinski definition) is 5. The molecule has 0 spiro atoms. The Kier molecular flexibility index (Phi) is 6.20. The molecule has 35 heavy (non-hydrogen) atoms. The number of H-pyrrole nitrogens is 1. The number of aromatic nitrogens is 3. The summed E-state index contributed by atoms with van der Waals surface area (Å²) in [5, 5.41) is 10.4. The van der Waals surface area contributed by atoms with Crippen LogP contribution in [0.1, 0.15) is 12.8 Å². The van der Waals surface area contributed by atoms with Crippen LogP contribution in [0.4, 0.5) is 17.3 Å². The van der Waals surface area contributed by atoms with Crippen molar-refractivity contribution in [2.24, 2.45) is 5.92 Å². The molecule has 2 aromatic carbocycles. The molecule has 2 heterocycles. The standard InChI is InChI=1S/C26H23ClN6O2/c1-2-23(34)30-18-10-15(11-18)25(35)31-16-6-5-7-17(12-16)32-26-29-14-21(27)24(33-26)20-13-28-22-9-4-3-8-19(20)22/h2-9,12-15,18,28H,1,10-11H2,(H,30,34)(H,31,35)(H,29,32,33). The van der Waals surface area contributed by atoms with Crippen LogP contribution >= 0.6 is 11.6 Å². The molecule has 1 aliphatic carbocycles. The number of amides is 2. The smallest absolute Gasteiger partial charge is 0.243 e. The lowest BCUT2D eigenvalue weighted by molar-refractivity contribution is -0.125. The van der Waals surface area contributed by atoms with Gasteiger partial charge in [-0.25, -0.2) is 9.97 Å². The van der Waals surface area contributed by atoms with Gasteiger partial charge in [0.25, 0.3) is 0 Å². The summed E-state index contributed by atoms with van der Waals surface area (Å²) in [6.07, 6.45) is 5.90. The van der Waals surface area contributed by atoms with E-state index in [1.54, 1.807) is 6.20 Å². The van der Waals surface area contributed by atoms with Crippen molar-refractivity contribution >= 4 is 51.6 Å². The van der Waals surface area contributed by atoms with Crippen molar-refractivity contribution in [3.63, 3.8) is 0 Å². The summed E-state index contributed by atoms with van der Waals surface area (Å²) in [6, 6.07) is 15.3. The minimum Gasteiger partial charge on any atom is -0.360 e. The average Bonchev–Trinajstić information content (AvgIpc) is 3.26. The van der Waals surface area contributed by atoms with Crippen molar-refractivity contribution in [1.82, 2.24) is 20.3 Å². The lowest BCUT2D eigenvalue weighted by Gasteiger charge is -2.34. The van der Waals surface area contributed by atoms with E-state index in [4.69, 9.17) is 11.6 Å². The number of aromatic amines is 1. The topological polar surface area (TPSA) is 112 Å². The number of nitrogens with one attached hydrogen (secondary N) is 4. The molecule has 176 valence electrons. The third kappa shape index (κ3) is 4.88. The number of halogens is 1. The van der Waals surface area contributed by atoms with E-state index in [-0.39, 0.29) is 23.8 Å². The Balaban J connectivity index is 1.27. The van der Waals surface area contributed by atoms with Crippen LogP contribution in [0.15, 0.2) is 73.6 Å². The molecule has 2 amide bonds. The molecular weight excluding hydrogens is 464 g/mol. The Hall–Kier alpha value is -4.17. The molecule has 1 fully saturated rings. The molecule has 0 bridgehead atoms. The zero-order chi connectivity index (χ0) is 24.4. The summed E-state index contributed by atoms with van der Waals surface area (Å²) in [7, 11) is 0. The Morgan fingerprint density at radius 3 is 2.74 bits per heavy atom. The fourth-order valence-electron chi connectivity index (χ4n) is 4.14. The predicted octanol–water partition coefficient (Wildman–Crippen LogP) is 5.04. The minimum absolute atomic E-state index is 0.0117. The van der Waals surface area contributed by atoms with Gasteiger partial charge in [-0.2, -0.15) is 0 Å². The van der Waals surface area contributed by atoms with E-state index >= 15 is 0 Å². The van der Waals surface area contributed by atoms with E-state index in [2.05, 4.69) is 37.5 Å². The maximum absolute atomic E-state index is 12.6. The lowest BCUT2D eigenvalue weighted by atomic mass is 9.79. The molecule has 0 saturated heterocycles. The first-order valence-corrected chi connectivity index (χ1v) is 11.6. The number of nitrogens with zero attached hydrogens (tertiary/aromatic N) is 2. The van der Waals surface area contributed by atoms with Crippen molar-refractivity contribution in [3.8, 4) is 11.3 Å². The normalized spacial score (nSPS) is 16.8. The molecule has 1 saturated carbocycles. The second-order valence-corrected chi connectivity index (χ2v) is 8.82. The van der Waals surface area contributed by atoms with E-state index in [0.29, 0.717) is 35.2 Å². The van der Waals surface area contributed by atoms with E-state index in [1.807, 2.05) is 54.7 Å². The van der Waals surface area contributed by atoms with E-state index in [0.717, 1.165) is 22.2 Å². The molecule has 0 radical (unpaired) electrons. The highest BCUT2D eigenvalue weighted by Gasteiger charge is 2.35. The maximum atomic E-state index is 12.6. The number of benzene rings is 2. The first-order chi connectivity index (χ1) is 17.0. The van der Waals surface area contributed by atoms with Crippen LogP contribution in [-0.2, 0) is 9.59 Å². The minimum atomic E-state index is -0.218. The summed E-state index contributed by atoms with van der Waals surface area (Å²) >= 11 is 6.43. The van der Waals surface area contributed by atoms with Gasteiger partial charge in [0.1, 0.15) is 0 Å². The zero-order valence-electron chi connectivity index (χ0n) is 18.7. The van der Waals surface area contributed by atoms with Crippen LogP contribution in [0.2, 0.25) is 5.02 Å². The number of rotatable bonds is 7. The number of para-hydroxylation sites is 1. The lowest BCUT2D eigenvalue weighted by Crippen LogP contribution is -2.47. The van der Waals surface area contributed by atoms with Crippen LogP contribution in [0.25, 0.3) is 22.2 Å². The number of hydrogen-bond donors (Lipinski definition) is 4. The van der Waals surface area contributed by atoms with Crippen LogP contribution in [0.5, 0.6) is 0 Å². The van der Waals surface area contributed by atoms with E-state index in [1.165, 1.54) is 6.08 Å².